The molecule has 0 radical (unpaired) electrons. The van der Waals surface area contributed by atoms with Gasteiger partial charge in [-0.3, -0.25) is 14.7 Å². The van der Waals surface area contributed by atoms with Crippen LogP contribution in [0.4, 0.5) is 0 Å². The van der Waals surface area contributed by atoms with E-state index in [9.17, 15) is 4.79 Å². The third kappa shape index (κ3) is 3.97. The van der Waals surface area contributed by atoms with E-state index >= 15 is 0 Å². The van der Waals surface area contributed by atoms with Gasteiger partial charge < -0.3 is 9.26 Å². The molecule has 5 heterocycles. The number of carbonyl (C=O) groups is 1. The molecule has 6 nitrogen and oxygen atoms in total. The molecule has 2 aromatic heterocycles. The van der Waals surface area contributed by atoms with Crippen LogP contribution in [0.15, 0.2) is 47.1 Å². The number of hydrogen-bond donors (Lipinski definition) is 0. The minimum absolute atomic E-state index is 0.0914. The van der Waals surface area contributed by atoms with E-state index < -0.39 is 0 Å². The predicted molar refractivity (Wildman–Crippen MR) is 117 cm³/mol. The molecule has 6 rings (SSSR count). The Morgan fingerprint density at radius 1 is 1.32 bits per heavy atom. The maximum absolute atomic E-state index is 13.0. The van der Waals surface area contributed by atoms with Crippen molar-refractivity contribution in [2.75, 3.05) is 13.1 Å². The maximum Gasteiger partial charge on any atom is 0.314 e. The summed E-state index contributed by atoms with van der Waals surface area (Å²) in [6.45, 7) is 6.30. The Balaban J connectivity index is 1.47. The number of pyridine rings is 1. The van der Waals surface area contributed by atoms with Crippen LogP contribution in [-0.2, 0) is 16.0 Å². The zero-order valence-electron chi connectivity index (χ0n) is 18.2. The zero-order chi connectivity index (χ0) is 21.4. The minimum atomic E-state index is -0.329. The molecular formula is C25H29N3O3. The van der Waals surface area contributed by atoms with Gasteiger partial charge in [0.25, 0.3) is 0 Å². The third-order valence-corrected chi connectivity index (χ3v) is 7.05. The Kier molecular flexibility index (Phi) is 5.48. The average molecular weight is 420 g/mol. The molecule has 31 heavy (non-hydrogen) atoms. The Hall–Kier alpha value is -2.73. The van der Waals surface area contributed by atoms with Crippen molar-refractivity contribution < 1.29 is 14.1 Å². The van der Waals surface area contributed by atoms with Crippen molar-refractivity contribution in [2.45, 2.75) is 51.7 Å². The second kappa shape index (κ2) is 8.42. The maximum atomic E-state index is 13.0. The number of aromatic nitrogens is 2. The fourth-order valence-electron chi connectivity index (χ4n) is 5.50. The molecule has 3 saturated heterocycles. The van der Waals surface area contributed by atoms with E-state index in [2.05, 4.69) is 28.0 Å². The van der Waals surface area contributed by atoms with Crippen LogP contribution >= 0.6 is 0 Å². The Morgan fingerprint density at radius 2 is 2.19 bits per heavy atom. The fourth-order valence-corrected chi connectivity index (χ4v) is 5.50. The lowest BCUT2D eigenvalue weighted by Gasteiger charge is -2.51. The second-order valence-corrected chi connectivity index (χ2v) is 8.95. The van der Waals surface area contributed by atoms with Crippen molar-refractivity contribution in [1.29, 1.82) is 0 Å². The van der Waals surface area contributed by atoms with Crippen LogP contribution in [0.25, 0.3) is 10.9 Å². The monoisotopic (exact) mass is 419 g/mol. The highest BCUT2D eigenvalue weighted by Crippen LogP contribution is 2.44. The van der Waals surface area contributed by atoms with Gasteiger partial charge in [0.15, 0.2) is 0 Å². The molecule has 0 amide bonds. The zero-order valence-corrected chi connectivity index (χ0v) is 18.2. The van der Waals surface area contributed by atoms with Gasteiger partial charge in [-0.1, -0.05) is 36.7 Å². The van der Waals surface area contributed by atoms with E-state index in [-0.39, 0.29) is 24.5 Å². The highest BCUT2D eigenvalue weighted by atomic mass is 16.5. The van der Waals surface area contributed by atoms with Gasteiger partial charge in [-0.2, -0.15) is 0 Å². The van der Waals surface area contributed by atoms with Gasteiger partial charge in [0.05, 0.1) is 17.3 Å². The third-order valence-electron chi connectivity index (χ3n) is 7.05. The molecule has 0 saturated carbocycles. The predicted octanol–water partition coefficient (Wildman–Crippen LogP) is 4.48. The van der Waals surface area contributed by atoms with Gasteiger partial charge in [-0.25, -0.2) is 0 Å². The van der Waals surface area contributed by atoms with Gasteiger partial charge in [0, 0.05) is 29.8 Å². The van der Waals surface area contributed by atoms with E-state index in [1.54, 1.807) is 6.07 Å². The molecule has 162 valence electrons. The molecular weight excluding hydrogens is 390 g/mol. The van der Waals surface area contributed by atoms with Gasteiger partial charge in [-0.05, 0) is 50.3 Å². The summed E-state index contributed by atoms with van der Waals surface area (Å²) in [5.74, 6) is 1.70. The molecule has 0 aliphatic carbocycles. The summed E-state index contributed by atoms with van der Waals surface area (Å²) < 4.78 is 11.5. The van der Waals surface area contributed by atoms with Crippen LogP contribution in [0.1, 0.15) is 49.3 Å². The molecule has 5 atom stereocenters. The summed E-state index contributed by atoms with van der Waals surface area (Å²) >= 11 is 0. The number of benzene rings is 1. The Bertz CT molecular complexity index is 1070. The second-order valence-electron chi connectivity index (χ2n) is 8.95. The van der Waals surface area contributed by atoms with Crippen molar-refractivity contribution in [2.24, 2.45) is 11.8 Å². The summed E-state index contributed by atoms with van der Waals surface area (Å²) in [7, 11) is 0. The van der Waals surface area contributed by atoms with Crippen molar-refractivity contribution >= 4 is 16.9 Å². The van der Waals surface area contributed by atoms with Crippen molar-refractivity contribution in [3.05, 3.63) is 59.6 Å². The molecule has 1 unspecified atom stereocenters. The molecule has 3 aliphatic rings. The number of ether oxygens (including phenoxy) is 1. The summed E-state index contributed by atoms with van der Waals surface area (Å²) in [4.78, 5) is 20.0. The van der Waals surface area contributed by atoms with Crippen LogP contribution in [0.5, 0.6) is 0 Å². The molecule has 3 aromatic rings. The number of piperidine rings is 3. The normalized spacial score (nSPS) is 26.1. The largest absolute Gasteiger partial charge is 0.455 e. The molecule has 0 spiro atoms. The quantitative estimate of drug-likeness (QED) is 0.549. The topological polar surface area (TPSA) is 68.5 Å². The number of esters is 1. The van der Waals surface area contributed by atoms with E-state index in [0.29, 0.717) is 11.7 Å². The summed E-state index contributed by atoms with van der Waals surface area (Å²) in [5.41, 5.74) is 2.73. The highest BCUT2D eigenvalue weighted by Gasteiger charge is 2.44. The van der Waals surface area contributed by atoms with Crippen molar-refractivity contribution in [3.63, 3.8) is 0 Å². The number of rotatable bonds is 6. The average Bonchev–Trinajstić information content (AvgIpc) is 3.21. The van der Waals surface area contributed by atoms with Crippen molar-refractivity contribution in [1.82, 2.24) is 15.0 Å². The van der Waals surface area contributed by atoms with Crippen LogP contribution < -0.4 is 0 Å². The summed E-state index contributed by atoms with van der Waals surface area (Å²) in [6, 6.07) is 12.1. The van der Waals surface area contributed by atoms with E-state index in [4.69, 9.17) is 9.26 Å². The first-order valence-corrected chi connectivity index (χ1v) is 11.3. The number of nitrogens with zero attached hydrogens (tertiary/aromatic N) is 3. The van der Waals surface area contributed by atoms with Crippen LogP contribution in [0.2, 0.25) is 0 Å². The highest BCUT2D eigenvalue weighted by molar-refractivity contribution is 5.83. The SMILES string of the molecule is CC[C@H]1CN2CC[C@@H]1C[C@@H]2[C@@H](OC(=O)Cc1cc(C)no1)c1ccnc2ccccc12. The first-order valence-electron chi connectivity index (χ1n) is 11.3. The van der Waals surface area contributed by atoms with E-state index in [0.717, 1.165) is 47.6 Å². The standard InChI is InChI=1S/C25H29N3O3/c1-3-17-15-28-11-9-18(17)13-23(28)25(30-24(29)14-19-12-16(2)27-31-19)21-8-10-26-22-7-5-4-6-20(21)22/h4-8,10,12,17-18,23,25H,3,9,11,13-15H2,1-2H3/t17-,18+,23+,25-/m0/s1. The number of carbonyl (C=O) groups excluding carboxylic acids is 1. The number of hydrogen-bond acceptors (Lipinski definition) is 6. The van der Waals surface area contributed by atoms with Gasteiger partial charge in [-0.15, -0.1) is 0 Å². The van der Waals surface area contributed by atoms with Gasteiger partial charge in [0.2, 0.25) is 0 Å². The fraction of sp³-hybridized carbons (Fsp3) is 0.480. The van der Waals surface area contributed by atoms with E-state index in [1.807, 2.05) is 37.4 Å². The molecule has 2 bridgehead atoms. The first kappa shape index (κ1) is 20.2. The molecule has 3 fully saturated rings. The molecule has 1 aromatic carbocycles. The van der Waals surface area contributed by atoms with Gasteiger partial charge in [0.1, 0.15) is 18.3 Å². The van der Waals surface area contributed by atoms with Crippen LogP contribution in [0, 0.1) is 18.8 Å². The lowest BCUT2D eigenvalue weighted by molar-refractivity contribution is -0.157. The summed E-state index contributed by atoms with van der Waals surface area (Å²) in [5, 5.41) is 4.94. The number of para-hydroxylation sites is 1. The van der Waals surface area contributed by atoms with Crippen molar-refractivity contribution in [3.8, 4) is 0 Å². The first-order chi connectivity index (χ1) is 15.1. The smallest absolute Gasteiger partial charge is 0.314 e. The lowest BCUT2D eigenvalue weighted by Crippen LogP contribution is -2.55. The molecule has 6 heteroatoms. The van der Waals surface area contributed by atoms with E-state index in [1.165, 1.54) is 12.8 Å². The molecule has 0 N–H and O–H groups in total. The molecule has 3 aliphatic heterocycles. The number of aryl methyl sites for hydroxylation is 1. The lowest BCUT2D eigenvalue weighted by atomic mass is 9.72. The van der Waals surface area contributed by atoms with Crippen LogP contribution in [-0.4, -0.2) is 40.1 Å². The summed E-state index contributed by atoms with van der Waals surface area (Å²) in [6.07, 6.45) is 5.10. The van der Waals surface area contributed by atoms with Crippen LogP contribution in [0.3, 0.4) is 0 Å². The Morgan fingerprint density at radius 3 is 2.94 bits per heavy atom. The minimum Gasteiger partial charge on any atom is -0.455 e. The number of fused-ring (bicyclic) bond motifs is 4. The van der Waals surface area contributed by atoms with Gasteiger partial charge >= 0.3 is 5.97 Å². The Labute approximate surface area is 182 Å².